The monoisotopic (exact) mass is 198 g/mol. The average molecular weight is 198 g/mol. The zero-order valence-electron chi connectivity index (χ0n) is 7.19. The van der Waals surface area contributed by atoms with E-state index in [2.05, 4.69) is 10.3 Å². The topological polar surface area (TPSA) is 59.1 Å². The SMILES string of the molecule is CNC(=O)CS(=O)c1ccccn1. The van der Waals surface area contributed by atoms with Crippen molar-refractivity contribution in [3.63, 3.8) is 0 Å². The zero-order valence-corrected chi connectivity index (χ0v) is 8.00. The highest BCUT2D eigenvalue weighted by molar-refractivity contribution is 7.85. The van der Waals surface area contributed by atoms with Crippen LogP contribution in [0, 0.1) is 0 Å². The van der Waals surface area contributed by atoms with E-state index in [-0.39, 0.29) is 11.7 Å². The van der Waals surface area contributed by atoms with E-state index in [1.54, 1.807) is 24.4 Å². The third kappa shape index (κ3) is 2.95. The molecule has 0 saturated carbocycles. The fourth-order valence-electron chi connectivity index (χ4n) is 0.747. The first-order valence-electron chi connectivity index (χ1n) is 3.74. The van der Waals surface area contributed by atoms with E-state index in [0.29, 0.717) is 5.03 Å². The standard InChI is InChI=1S/C8H10N2O2S/c1-9-7(11)6-13(12)8-4-2-3-5-10-8/h2-5H,6H2,1H3,(H,9,11). The second-order valence-electron chi connectivity index (χ2n) is 2.33. The van der Waals surface area contributed by atoms with Crippen molar-refractivity contribution >= 4 is 16.7 Å². The minimum Gasteiger partial charge on any atom is -0.358 e. The molecule has 5 heteroatoms. The van der Waals surface area contributed by atoms with E-state index >= 15 is 0 Å². The molecule has 0 aliphatic heterocycles. The van der Waals surface area contributed by atoms with Crippen molar-refractivity contribution in [3.05, 3.63) is 24.4 Å². The minimum absolute atomic E-state index is 0.0342. The number of rotatable bonds is 3. The number of nitrogens with one attached hydrogen (secondary N) is 1. The fourth-order valence-corrected chi connectivity index (χ4v) is 1.69. The van der Waals surface area contributed by atoms with Crippen molar-refractivity contribution in [1.82, 2.24) is 10.3 Å². The van der Waals surface area contributed by atoms with Crippen LogP contribution >= 0.6 is 0 Å². The van der Waals surface area contributed by atoms with Gasteiger partial charge in [0.2, 0.25) is 5.91 Å². The molecular weight excluding hydrogens is 188 g/mol. The Kier molecular flexibility index (Phi) is 3.57. The van der Waals surface area contributed by atoms with Crippen molar-refractivity contribution in [2.24, 2.45) is 0 Å². The van der Waals surface area contributed by atoms with E-state index in [0.717, 1.165) is 0 Å². The molecule has 0 fully saturated rings. The van der Waals surface area contributed by atoms with Crippen molar-refractivity contribution in [1.29, 1.82) is 0 Å². The largest absolute Gasteiger partial charge is 0.358 e. The van der Waals surface area contributed by atoms with Crippen LogP contribution in [0.5, 0.6) is 0 Å². The Morgan fingerprint density at radius 3 is 2.92 bits per heavy atom. The van der Waals surface area contributed by atoms with Crippen molar-refractivity contribution in [2.75, 3.05) is 12.8 Å². The van der Waals surface area contributed by atoms with Crippen molar-refractivity contribution in [2.45, 2.75) is 5.03 Å². The van der Waals surface area contributed by atoms with Gasteiger partial charge in [0.1, 0.15) is 10.8 Å². The molecular formula is C8H10N2O2S. The molecule has 0 radical (unpaired) electrons. The van der Waals surface area contributed by atoms with Gasteiger partial charge in [-0.3, -0.25) is 9.00 Å². The molecule has 0 aliphatic carbocycles. The molecule has 1 atom stereocenters. The minimum atomic E-state index is -1.34. The summed E-state index contributed by atoms with van der Waals surface area (Å²) in [5.74, 6) is -0.281. The highest BCUT2D eigenvalue weighted by Crippen LogP contribution is 2.00. The Morgan fingerprint density at radius 1 is 1.62 bits per heavy atom. The first-order chi connectivity index (χ1) is 6.24. The molecule has 1 amide bonds. The molecule has 4 nitrogen and oxygen atoms in total. The summed E-state index contributed by atoms with van der Waals surface area (Å²) in [7, 11) is 0.175. The van der Waals surface area contributed by atoms with E-state index in [1.165, 1.54) is 7.05 Å². The Bertz CT molecular complexity index is 313. The van der Waals surface area contributed by atoms with E-state index in [1.807, 2.05) is 0 Å². The maximum Gasteiger partial charge on any atom is 0.232 e. The van der Waals surface area contributed by atoms with Crippen molar-refractivity contribution in [3.8, 4) is 0 Å². The van der Waals surface area contributed by atoms with Crippen LogP contribution in [0.2, 0.25) is 0 Å². The smallest absolute Gasteiger partial charge is 0.232 e. The van der Waals surface area contributed by atoms with Crippen LogP contribution in [0.15, 0.2) is 29.4 Å². The van der Waals surface area contributed by atoms with Gasteiger partial charge in [-0.05, 0) is 12.1 Å². The maximum atomic E-state index is 11.4. The lowest BCUT2D eigenvalue weighted by Gasteiger charge is -1.99. The molecule has 0 bridgehead atoms. The van der Waals surface area contributed by atoms with Gasteiger partial charge in [0.25, 0.3) is 0 Å². The third-order valence-corrected chi connectivity index (χ3v) is 2.64. The molecule has 1 N–H and O–H groups in total. The molecule has 0 aliphatic rings. The van der Waals surface area contributed by atoms with E-state index < -0.39 is 10.8 Å². The second kappa shape index (κ2) is 4.71. The molecule has 0 spiro atoms. The van der Waals surface area contributed by atoms with Crippen LogP contribution in [0.4, 0.5) is 0 Å². The first-order valence-corrected chi connectivity index (χ1v) is 5.06. The zero-order chi connectivity index (χ0) is 9.68. The van der Waals surface area contributed by atoms with Gasteiger partial charge in [0.15, 0.2) is 0 Å². The fraction of sp³-hybridized carbons (Fsp3) is 0.250. The predicted octanol–water partition coefficient (Wildman–Crippen LogP) is -0.0648. The lowest BCUT2D eigenvalue weighted by atomic mass is 10.5. The normalized spacial score (nSPS) is 12.1. The second-order valence-corrected chi connectivity index (χ2v) is 3.73. The van der Waals surface area contributed by atoms with E-state index in [4.69, 9.17) is 0 Å². The molecule has 70 valence electrons. The molecule has 0 aromatic carbocycles. The summed E-state index contributed by atoms with van der Waals surface area (Å²) < 4.78 is 11.4. The quantitative estimate of drug-likeness (QED) is 0.740. The molecule has 1 aromatic rings. The van der Waals surface area contributed by atoms with Gasteiger partial charge in [0.05, 0.1) is 10.8 Å². The molecule has 1 unspecified atom stereocenters. The molecule has 1 aromatic heterocycles. The molecule has 13 heavy (non-hydrogen) atoms. The van der Waals surface area contributed by atoms with E-state index in [9.17, 15) is 9.00 Å². The molecule has 0 saturated heterocycles. The number of pyridine rings is 1. The van der Waals surface area contributed by atoms with Crippen molar-refractivity contribution < 1.29 is 9.00 Å². The summed E-state index contributed by atoms with van der Waals surface area (Å²) in [6.07, 6.45) is 1.55. The summed E-state index contributed by atoms with van der Waals surface area (Å²) in [6.45, 7) is 0. The van der Waals surface area contributed by atoms with Gasteiger partial charge in [-0.25, -0.2) is 4.98 Å². The Balaban J connectivity index is 2.65. The lowest BCUT2D eigenvalue weighted by molar-refractivity contribution is -0.118. The van der Waals surface area contributed by atoms with Gasteiger partial charge in [-0.2, -0.15) is 0 Å². The number of aromatic nitrogens is 1. The van der Waals surface area contributed by atoms with Crippen LogP contribution in [0.3, 0.4) is 0 Å². The number of carbonyl (C=O) groups excluding carboxylic acids is 1. The summed E-state index contributed by atoms with van der Waals surface area (Å²) in [5.41, 5.74) is 0. The first kappa shape index (κ1) is 9.85. The van der Waals surface area contributed by atoms with Crippen LogP contribution < -0.4 is 5.32 Å². The molecule has 1 rings (SSSR count). The summed E-state index contributed by atoms with van der Waals surface area (Å²) in [5, 5.41) is 2.84. The van der Waals surface area contributed by atoms with Gasteiger partial charge in [-0.1, -0.05) is 6.07 Å². The highest BCUT2D eigenvalue weighted by atomic mass is 32.2. The van der Waals surface area contributed by atoms with Gasteiger partial charge < -0.3 is 5.32 Å². The summed E-state index contributed by atoms with van der Waals surface area (Å²) in [4.78, 5) is 14.7. The average Bonchev–Trinajstić information content (AvgIpc) is 2.19. The molecule has 1 heterocycles. The van der Waals surface area contributed by atoms with Crippen LogP contribution in [-0.2, 0) is 15.6 Å². The summed E-state index contributed by atoms with van der Waals surface area (Å²) in [6, 6.07) is 5.11. The highest BCUT2D eigenvalue weighted by Gasteiger charge is 2.08. The van der Waals surface area contributed by atoms with Gasteiger partial charge in [0, 0.05) is 13.2 Å². The summed E-state index contributed by atoms with van der Waals surface area (Å²) >= 11 is 0. The number of nitrogens with zero attached hydrogens (tertiary/aromatic N) is 1. The third-order valence-electron chi connectivity index (χ3n) is 1.41. The Labute approximate surface area is 78.8 Å². The Hall–Kier alpha value is -1.23. The number of hydrogen-bond donors (Lipinski definition) is 1. The Morgan fingerprint density at radius 2 is 2.38 bits per heavy atom. The van der Waals surface area contributed by atoms with Crippen LogP contribution in [-0.4, -0.2) is 27.9 Å². The van der Waals surface area contributed by atoms with Gasteiger partial charge in [-0.15, -0.1) is 0 Å². The number of amides is 1. The van der Waals surface area contributed by atoms with Crippen LogP contribution in [0.1, 0.15) is 0 Å². The lowest BCUT2D eigenvalue weighted by Crippen LogP contribution is -2.24. The van der Waals surface area contributed by atoms with Gasteiger partial charge >= 0.3 is 0 Å². The van der Waals surface area contributed by atoms with Crippen LogP contribution in [0.25, 0.3) is 0 Å². The maximum absolute atomic E-state index is 11.4. The predicted molar refractivity (Wildman–Crippen MR) is 49.6 cm³/mol. The number of hydrogen-bond acceptors (Lipinski definition) is 3. The number of carbonyl (C=O) groups is 1.